The van der Waals surface area contributed by atoms with E-state index < -0.39 is 75.2 Å². The zero-order chi connectivity index (χ0) is 33.7. The minimum atomic E-state index is -1.21. The van der Waals surface area contributed by atoms with E-state index in [1.165, 1.54) is 0 Å². The molecule has 0 saturated carbocycles. The monoisotopic (exact) mass is 668 g/mol. The van der Waals surface area contributed by atoms with Gasteiger partial charge in [0.2, 0.25) is 0 Å². The number of nitro benzene ring substituents is 6. The molecule has 2 aromatic carbocycles. The van der Waals surface area contributed by atoms with Gasteiger partial charge in [-0.2, -0.15) is 0 Å². The lowest BCUT2D eigenvalue weighted by molar-refractivity contribution is -0.404. The van der Waals surface area contributed by atoms with E-state index in [1.54, 1.807) is 0 Å². The van der Waals surface area contributed by atoms with Crippen LogP contribution in [0.2, 0.25) is 0 Å². The summed E-state index contributed by atoms with van der Waals surface area (Å²) < 4.78 is 0. The maximum Gasteiger partial charge on any atom is 0.324 e. The van der Waals surface area contributed by atoms with Crippen molar-refractivity contribution in [1.82, 2.24) is 9.80 Å². The summed E-state index contributed by atoms with van der Waals surface area (Å²) >= 11 is 11.3. The highest BCUT2D eigenvalue weighted by Crippen LogP contribution is 2.40. The van der Waals surface area contributed by atoms with E-state index in [4.69, 9.17) is 33.4 Å². The molecule has 0 amide bonds. The van der Waals surface area contributed by atoms with Crippen LogP contribution in [0.25, 0.3) is 0 Å². The smallest absolute Gasteiger partial charge is 0.324 e. The van der Waals surface area contributed by atoms with Crippen LogP contribution < -0.4 is 0 Å². The van der Waals surface area contributed by atoms with Crippen LogP contribution in [0.3, 0.4) is 0 Å². The predicted octanol–water partition coefficient (Wildman–Crippen LogP) is 3.32. The Balaban J connectivity index is 0.000000334. The molecule has 1 aliphatic rings. The summed E-state index contributed by atoms with van der Waals surface area (Å²) in [6.45, 7) is 6.62. The van der Waals surface area contributed by atoms with E-state index in [1.807, 2.05) is 0 Å². The molecule has 0 aliphatic carbocycles. The lowest BCUT2D eigenvalue weighted by Gasteiger charge is -2.33. The van der Waals surface area contributed by atoms with Crippen LogP contribution in [0.5, 0.6) is 11.5 Å². The third kappa shape index (κ3) is 10.6. The highest BCUT2D eigenvalue weighted by atomic mass is 35.5. The van der Waals surface area contributed by atoms with Crippen LogP contribution in [0.4, 0.5) is 34.1 Å². The van der Waals surface area contributed by atoms with Gasteiger partial charge in [0.15, 0.2) is 0 Å². The fraction of sp³-hybridized carbons (Fsp3) is 0.400. The molecule has 240 valence electrons. The average Bonchev–Trinajstić information content (AvgIpc) is 2.94. The number of phenolic OH excluding ortho intramolecular Hbond substituents is 2. The Kier molecular flexibility index (Phi) is 14.4. The Morgan fingerprint density at radius 2 is 0.750 bits per heavy atom. The second-order valence-electron chi connectivity index (χ2n) is 8.27. The lowest BCUT2D eigenvalue weighted by atomic mass is 10.2. The highest BCUT2D eigenvalue weighted by Gasteiger charge is 2.31. The largest absolute Gasteiger partial charge is 0.497 e. The molecule has 0 spiro atoms. The summed E-state index contributed by atoms with van der Waals surface area (Å²) in [5, 5.41) is 80.4. The first-order chi connectivity index (χ1) is 20.5. The summed E-state index contributed by atoms with van der Waals surface area (Å²) in [4.78, 5) is 60.3. The van der Waals surface area contributed by atoms with Gasteiger partial charge in [0.25, 0.3) is 22.9 Å². The van der Waals surface area contributed by atoms with Crippen LogP contribution in [0, 0.1) is 60.7 Å². The molecule has 2 N–H and O–H groups in total. The van der Waals surface area contributed by atoms with Crippen molar-refractivity contribution in [3.63, 3.8) is 0 Å². The molecule has 24 heteroatoms. The maximum absolute atomic E-state index is 10.4. The number of hydrogen-bond donors (Lipinski definition) is 2. The average molecular weight is 669 g/mol. The molecular formula is C20H22Cl2N8O14. The first-order valence-electron chi connectivity index (χ1n) is 11.7. The van der Waals surface area contributed by atoms with Crippen molar-refractivity contribution in [3.8, 4) is 11.5 Å². The Labute approximate surface area is 254 Å². The van der Waals surface area contributed by atoms with E-state index in [0.29, 0.717) is 24.3 Å². The minimum Gasteiger partial charge on any atom is -0.497 e. The van der Waals surface area contributed by atoms with Crippen LogP contribution in [0.15, 0.2) is 24.3 Å². The van der Waals surface area contributed by atoms with Crippen molar-refractivity contribution in [2.45, 2.75) is 0 Å². The molecule has 1 saturated heterocycles. The number of phenols is 2. The third-order valence-corrected chi connectivity index (χ3v) is 5.92. The number of piperazine rings is 1. The van der Waals surface area contributed by atoms with Crippen molar-refractivity contribution < 1.29 is 39.8 Å². The van der Waals surface area contributed by atoms with Crippen molar-refractivity contribution in [1.29, 1.82) is 0 Å². The maximum atomic E-state index is 10.4. The van der Waals surface area contributed by atoms with E-state index in [2.05, 4.69) is 9.80 Å². The first kappa shape index (κ1) is 37.0. The summed E-state index contributed by atoms with van der Waals surface area (Å²) in [5.74, 6) is -0.924. The number of nitrogens with zero attached hydrogens (tertiary/aromatic N) is 8. The third-order valence-electron chi connectivity index (χ3n) is 5.58. The van der Waals surface area contributed by atoms with Crippen LogP contribution in [0.1, 0.15) is 0 Å². The number of aromatic hydroxyl groups is 2. The first-order valence-corrected chi connectivity index (χ1v) is 12.8. The molecule has 0 bridgehead atoms. The molecule has 0 aromatic heterocycles. The number of rotatable bonds is 10. The SMILES string of the molecule is ClCCN1CCN(CCCl)CC1.O=[N+]([O-])c1cc([N+](=O)[O-])c(O)c([N+](=O)[O-])c1.O=[N+]([O-])c1cc([N+](=O)[O-])c(O)c([N+](=O)[O-])c1. The molecule has 1 aliphatic heterocycles. The van der Waals surface area contributed by atoms with Crippen molar-refractivity contribution in [2.75, 3.05) is 51.0 Å². The lowest BCUT2D eigenvalue weighted by Crippen LogP contribution is -2.47. The van der Waals surface area contributed by atoms with Gasteiger partial charge in [0.05, 0.1) is 53.8 Å². The van der Waals surface area contributed by atoms with Gasteiger partial charge < -0.3 is 10.2 Å². The second kappa shape index (κ2) is 17.2. The fourth-order valence-electron chi connectivity index (χ4n) is 3.42. The fourth-order valence-corrected chi connectivity index (χ4v) is 3.90. The van der Waals surface area contributed by atoms with Gasteiger partial charge in [-0.3, -0.25) is 70.5 Å². The molecule has 0 radical (unpaired) electrons. The van der Waals surface area contributed by atoms with Crippen LogP contribution in [-0.2, 0) is 0 Å². The standard InChI is InChI=1S/C8H16Cl2N2.2C6H3N3O7/c9-1-3-11-5-7-12(4-2-10)8-6-11;2*10-6-4(8(13)14)1-3(7(11)12)2-5(6)9(15)16/h1-8H2;2*1-2,10H. The normalized spacial score (nSPS) is 13.0. The van der Waals surface area contributed by atoms with E-state index in [0.717, 1.165) is 51.0 Å². The van der Waals surface area contributed by atoms with Gasteiger partial charge >= 0.3 is 22.7 Å². The zero-order valence-corrected chi connectivity index (χ0v) is 23.6. The quantitative estimate of drug-likeness (QED) is 0.208. The molecular weight excluding hydrogens is 647 g/mol. The number of halogens is 2. The van der Waals surface area contributed by atoms with Crippen molar-refractivity contribution in [2.24, 2.45) is 0 Å². The van der Waals surface area contributed by atoms with Gasteiger partial charge in [0.1, 0.15) is 0 Å². The minimum absolute atomic E-state index is 0.447. The van der Waals surface area contributed by atoms with Gasteiger partial charge in [-0.1, -0.05) is 0 Å². The second-order valence-corrected chi connectivity index (χ2v) is 9.03. The Morgan fingerprint density at radius 1 is 0.523 bits per heavy atom. The van der Waals surface area contributed by atoms with Gasteiger partial charge in [-0.05, 0) is 0 Å². The van der Waals surface area contributed by atoms with E-state index >= 15 is 0 Å². The number of hydrogen-bond acceptors (Lipinski definition) is 16. The molecule has 2 aromatic rings. The summed E-state index contributed by atoms with van der Waals surface area (Å²) in [6.07, 6.45) is 0. The molecule has 3 rings (SSSR count). The van der Waals surface area contributed by atoms with E-state index in [9.17, 15) is 60.7 Å². The molecule has 0 atom stereocenters. The molecule has 0 unspecified atom stereocenters. The van der Waals surface area contributed by atoms with Crippen LogP contribution in [-0.4, -0.2) is 101 Å². The Morgan fingerprint density at radius 3 is 0.909 bits per heavy atom. The number of benzene rings is 2. The number of non-ortho nitro benzene ring substituents is 2. The van der Waals surface area contributed by atoms with Gasteiger partial charge in [-0.15, -0.1) is 23.2 Å². The number of alkyl halides is 2. The molecule has 1 fully saturated rings. The Bertz CT molecular complexity index is 1250. The van der Waals surface area contributed by atoms with Crippen molar-refractivity contribution >= 4 is 57.3 Å². The predicted molar refractivity (Wildman–Crippen MR) is 150 cm³/mol. The Hall–Kier alpha value is -5.06. The summed E-state index contributed by atoms with van der Waals surface area (Å²) in [5.41, 5.74) is -6.00. The molecule has 1 heterocycles. The summed E-state index contributed by atoms with van der Waals surface area (Å²) in [6, 6.07) is 1.79. The van der Waals surface area contributed by atoms with Gasteiger partial charge in [0, 0.05) is 51.0 Å². The number of nitro groups is 6. The van der Waals surface area contributed by atoms with E-state index in [-0.39, 0.29) is 0 Å². The zero-order valence-electron chi connectivity index (χ0n) is 22.1. The molecule has 44 heavy (non-hydrogen) atoms. The molecule has 22 nitrogen and oxygen atoms in total. The topological polar surface area (TPSA) is 306 Å². The highest BCUT2D eigenvalue weighted by molar-refractivity contribution is 6.18. The van der Waals surface area contributed by atoms with Crippen LogP contribution >= 0.6 is 23.2 Å². The summed E-state index contributed by atoms with van der Waals surface area (Å²) in [7, 11) is 0. The van der Waals surface area contributed by atoms with Crippen molar-refractivity contribution in [3.05, 3.63) is 85.0 Å². The van der Waals surface area contributed by atoms with Gasteiger partial charge in [-0.25, -0.2) is 0 Å².